The lowest BCUT2D eigenvalue weighted by Crippen LogP contribution is -2.15. The smallest absolute Gasteiger partial charge is 0.262 e. The number of carbonyl (C=O) groups is 1. The monoisotopic (exact) mass is 448 g/mol. The second kappa shape index (κ2) is 9.15. The molecule has 0 spiro atoms. The Balaban J connectivity index is 1.46. The lowest BCUT2D eigenvalue weighted by atomic mass is 10.1. The molecule has 1 N–H and O–H groups in total. The standard InChI is InChI=1S/C27H24N6O/c1-19-10-9-11-21(16-19)17-32-18-28-27(31-32)29-26(34)24-20(2)33(23-14-7-4-8-15-23)30-25(24)22-12-5-3-6-13-22/h3-16,18H,17H2,1-2H3,(H,29,31,34). The van der Waals surface area contributed by atoms with Crippen molar-refractivity contribution in [2.45, 2.75) is 20.4 Å². The first-order valence-corrected chi connectivity index (χ1v) is 11.1. The molecule has 168 valence electrons. The van der Waals surface area contributed by atoms with Crippen LogP contribution in [0.2, 0.25) is 0 Å². The molecule has 1 amide bonds. The first kappa shape index (κ1) is 21.3. The van der Waals surface area contributed by atoms with Crippen LogP contribution < -0.4 is 5.32 Å². The van der Waals surface area contributed by atoms with E-state index in [-0.39, 0.29) is 11.9 Å². The molecule has 0 fully saturated rings. The summed E-state index contributed by atoms with van der Waals surface area (Å²) in [4.78, 5) is 17.7. The quantitative estimate of drug-likeness (QED) is 0.394. The number of amides is 1. The summed E-state index contributed by atoms with van der Waals surface area (Å²) in [6.45, 7) is 4.52. The lowest BCUT2D eigenvalue weighted by Gasteiger charge is -2.05. The number of hydrogen-bond acceptors (Lipinski definition) is 4. The van der Waals surface area contributed by atoms with Gasteiger partial charge >= 0.3 is 0 Å². The molecule has 7 nitrogen and oxygen atoms in total. The van der Waals surface area contributed by atoms with Crippen LogP contribution in [0.15, 0.2) is 91.3 Å². The van der Waals surface area contributed by atoms with E-state index < -0.39 is 0 Å². The van der Waals surface area contributed by atoms with Gasteiger partial charge < -0.3 is 0 Å². The van der Waals surface area contributed by atoms with Crippen LogP contribution >= 0.6 is 0 Å². The fourth-order valence-corrected chi connectivity index (χ4v) is 3.98. The van der Waals surface area contributed by atoms with Crippen molar-refractivity contribution < 1.29 is 4.79 Å². The summed E-state index contributed by atoms with van der Waals surface area (Å²) >= 11 is 0. The first-order chi connectivity index (χ1) is 16.6. The molecule has 0 aliphatic heterocycles. The van der Waals surface area contributed by atoms with Crippen molar-refractivity contribution in [3.8, 4) is 16.9 Å². The Morgan fingerprint density at radius 2 is 1.62 bits per heavy atom. The summed E-state index contributed by atoms with van der Waals surface area (Å²) in [5.74, 6) is -0.0460. The van der Waals surface area contributed by atoms with Gasteiger partial charge in [0.05, 0.1) is 23.5 Å². The minimum atomic E-state index is -0.299. The Morgan fingerprint density at radius 1 is 0.882 bits per heavy atom. The largest absolute Gasteiger partial charge is 0.289 e. The summed E-state index contributed by atoms with van der Waals surface area (Å²) < 4.78 is 3.50. The highest BCUT2D eigenvalue weighted by atomic mass is 16.1. The highest BCUT2D eigenvalue weighted by Crippen LogP contribution is 2.27. The molecule has 2 aromatic heterocycles. The zero-order valence-electron chi connectivity index (χ0n) is 19.0. The van der Waals surface area contributed by atoms with Gasteiger partial charge in [0.2, 0.25) is 5.95 Å². The molecule has 5 rings (SSSR count). The fourth-order valence-electron chi connectivity index (χ4n) is 3.98. The van der Waals surface area contributed by atoms with Crippen LogP contribution in [-0.4, -0.2) is 30.5 Å². The summed E-state index contributed by atoms with van der Waals surface area (Å²) in [5.41, 5.74) is 5.89. The number of nitrogens with one attached hydrogen (secondary N) is 1. The van der Waals surface area contributed by atoms with Crippen molar-refractivity contribution in [1.82, 2.24) is 24.5 Å². The van der Waals surface area contributed by atoms with Gasteiger partial charge in [0.15, 0.2) is 0 Å². The second-order valence-corrected chi connectivity index (χ2v) is 8.13. The minimum absolute atomic E-state index is 0.253. The number of para-hydroxylation sites is 1. The van der Waals surface area contributed by atoms with Gasteiger partial charge in [-0.05, 0) is 31.5 Å². The van der Waals surface area contributed by atoms with Crippen molar-refractivity contribution in [2.75, 3.05) is 5.32 Å². The lowest BCUT2D eigenvalue weighted by molar-refractivity contribution is 0.102. The van der Waals surface area contributed by atoms with Gasteiger partial charge in [0.25, 0.3) is 5.91 Å². The van der Waals surface area contributed by atoms with Crippen molar-refractivity contribution in [2.24, 2.45) is 0 Å². The molecular formula is C27H24N6O. The molecule has 5 aromatic rings. The third kappa shape index (κ3) is 4.36. The van der Waals surface area contributed by atoms with E-state index in [0.29, 0.717) is 17.8 Å². The SMILES string of the molecule is Cc1cccc(Cn2cnc(NC(=O)c3c(-c4ccccc4)nn(-c4ccccc4)c3C)n2)c1. The van der Waals surface area contributed by atoms with Crippen molar-refractivity contribution in [3.05, 3.63) is 114 Å². The maximum absolute atomic E-state index is 13.4. The van der Waals surface area contributed by atoms with Gasteiger partial charge in [-0.1, -0.05) is 78.4 Å². The topological polar surface area (TPSA) is 77.6 Å². The maximum Gasteiger partial charge on any atom is 0.262 e. The Labute approximate surface area is 197 Å². The van der Waals surface area contributed by atoms with Crippen LogP contribution in [0, 0.1) is 13.8 Å². The Kier molecular flexibility index (Phi) is 5.74. The molecule has 0 unspecified atom stereocenters. The Morgan fingerprint density at radius 3 is 2.35 bits per heavy atom. The summed E-state index contributed by atoms with van der Waals surface area (Å²) in [6, 6.07) is 27.7. The molecular weight excluding hydrogens is 424 g/mol. The van der Waals surface area contributed by atoms with Crippen LogP contribution in [0.5, 0.6) is 0 Å². The molecule has 7 heteroatoms. The highest BCUT2D eigenvalue weighted by Gasteiger charge is 2.24. The van der Waals surface area contributed by atoms with E-state index >= 15 is 0 Å². The minimum Gasteiger partial charge on any atom is -0.289 e. The number of anilines is 1. The molecule has 0 atom stereocenters. The van der Waals surface area contributed by atoms with Crippen LogP contribution in [0.25, 0.3) is 16.9 Å². The normalized spacial score (nSPS) is 10.9. The van der Waals surface area contributed by atoms with Gasteiger partial charge in [-0.2, -0.15) is 5.10 Å². The van der Waals surface area contributed by atoms with E-state index in [1.165, 1.54) is 5.56 Å². The van der Waals surface area contributed by atoms with Crippen molar-refractivity contribution >= 4 is 11.9 Å². The van der Waals surface area contributed by atoms with Gasteiger partial charge in [-0.15, -0.1) is 5.10 Å². The number of hydrogen-bond donors (Lipinski definition) is 1. The van der Waals surface area contributed by atoms with Crippen molar-refractivity contribution in [3.63, 3.8) is 0 Å². The van der Waals surface area contributed by atoms with Crippen LogP contribution in [0.3, 0.4) is 0 Å². The first-order valence-electron chi connectivity index (χ1n) is 11.1. The second-order valence-electron chi connectivity index (χ2n) is 8.13. The molecule has 0 radical (unpaired) electrons. The van der Waals surface area contributed by atoms with Crippen molar-refractivity contribution in [1.29, 1.82) is 0 Å². The molecule has 0 aliphatic carbocycles. The van der Waals surface area contributed by atoms with Crippen LogP contribution in [-0.2, 0) is 6.54 Å². The Bertz CT molecular complexity index is 1440. The zero-order valence-corrected chi connectivity index (χ0v) is 19.0. The molecule has 34 heavy (non-hydrogen) atoms. The zero-order chi connectivity index (χ0) is 23.5. The highest BCUT2D eigenvalue weighted by molar-refractivity contribution is 6.08. The number of aromatic nitrogens is 5. The van der Waals surface area contributed by atoms with E-state index in [4.69, 9.17) is 5.10 Å². The van der Waals surface area contributed by atoms with E-state index in [2.05, 4.69) is 34.5 Å². The number of aryl methyl sites for hydroxylation is 1. The van der Waals surface area contributed by atoms with Crippen LogP contribution in [0.1, 0.15) is 27.2 Å². The summed E-state index contributed by atoms with van der Waals surface area (Å²) in [7, 11) is 0. The molecule has 0 aliphatic rings. The summed E-state index contributed by atoms with van der Waals surface area (Å²) in [6.07, 6.45) is 1.62. The van der Waals surface area contributed by atoms with Gasteiger partial charge in [0, 0.05) is 5.56 Å². The third-order valence-electron chi connectivity index (χ3n) is 5.58. The Hall–Kier alpha value is -4.52. The third-order valence-corrected chi connectivity index (χ3v) is 5.58. The number of benzene rings is 3. The van der Waals surface area contributed by atoms with E-state index in [1.807, 2.05) is 79.7 Å². The predicted octanol–water partition coefficient (Wildman–Crippen LogP) is 5.05. The van der Waals surface area contributed by atoms with E-state index in [0.717, 1.165) is 22.5 Å². The number of rotatable bonds is 6. The molecule has 0 saturated heterocycles. The predicted molar refractivity (Wildman–Crippen MR) is 132 cm³/mol. The maximum atomic E-state index is 13.4. The van der Waals surface area contributed by atoms with E-state index in [1.54, 1.807) is 15.7 Å². The summed E-state index contributed by atoms with van der Waals surface area (Å²) in [5, 5.41) is 12.1. The molecule has 0 bridgehead atoms. The number of carbonyl (C=O) groups excluding carboxylic acids is 1. The van der Waals surface area contributed by atoms with Gasteiger partial charge in [-0.3, -0.25) is 10.1 Å². The van der Waals surface area contributed by atoms with E-state index in [9.17, 15) is 4.79 Å². The van der Waals surface area contributed by atoms with Crippen LogP contribution in [0.4, 0.5) is 5.95 Å². The molecule has 0 saturated carbocycles. The van der Waals surface area contributed by atoms with Gasteiger partial charge in [0.1, 0.15) is 12.0 Å². The average Bonchev–Trinajstić information content (AvgIpc) is 3.43. The average molecular weight is 449 g/mol. The molecule has 3 aromatic carbocycles. The van der Waals surface area contributed by atoms with Gasteiger partial charge in [-0.25, -0.2) is 14.3 Å². The molecule has 2 heterocycles. The fraction of sp³-hybridized carbons (Fsp3) is 0.111. The number of nitrogens with zero attached hydrogens (tertiary/aromatic N) is 5.